The van der Waals surface area contributed by atoms with Gasteiger partial charge in [-0.15, -0.1) is 24.0 Å². The summed E-state index contributed by atoms with van der Waals surface area (Å²) in [7, 11) is -1.00. The topological polar surface area (TPSA) is 77.0 Å². The van der Waals surface area contributed by atoms with E-state index < -0.39 is 9.84 Å². The molecule has 1 unspecified atom stereocenters. The van der Waals surface area contributed by atoms with Gasteiger partial charge in [-0.2, -0.15) is 0 Å². The Kier molecular flexibility index (Phi) is 11.4. The van der Waals surface area contributed by atoms with E-state index in [4.69, 9.17) is 0 Å². The molecule has 2 rings (SSSR count). The molecule has 2 N–H and O–H groups in total. The third-order valence-electron chi connectivity index (χ3n) is 5.24. The van der Waals surface area contributed by atoms with Crippen LogP contribution in [0.5, 0.6) is 0 Å². The second-order valence-corrected chi connectivity index (χ2v) is 9.46. The summed E-state index contributed by atoms with van der Waals surface area (Å²) in [4.78, 5) is 9.04. The summed E-state index contributed by atoms with van der Waals surface area (Å²) in [6.07, 6.45) is 5.15. The average molecular weight is 501 g/mol. The number of halogens is 1. The van der Waals surface area contributed by atoms with Crippen molar-refractivity contribution >= 4 is 39.8 Å². The van der Waals surface area contributed by atoms with E-state index in [1.54, 1.807) is 7.05 Å². The van der Waals surface area contributed by atoms with E-state index in [1.807, 2.05) is 0 Å². The minimum absolute atomic E-state index is 0. The molecule has 26 heavy (non-hydrogen) atoms. The van der Waals surface area contributed by atoms with Crippen LogP contribution < -0.4 is 10.6 Å². The number of guanidine groups is 1. The van der Waals surface area contributed by atoms with Crippen molar-refractivity contribution in [3.05, 3.63) is 0 Å². The van der Waals surface area contributed by atoms with E-state index in [2.05, 4.69) is 32.3 Å². The van der Waals surface area contributed by atoms with Crippen LogP contribution in [-0.2, 0) is 9.84 Å². The summed E-state index contributed by atoms with van der Waals surface area (Å²) in [5.41, 5.74) is 0. The molecule has 9 heteroatoms. The molecule has 154 valence electrons. The molecule has 7 nitrogen and oxygen atoms in total. The lowest BCUT2D eigenvalue weighted by Crippen LogP contribution is -2.46. The SMILES string of the molecule is CN=C(NCCCN1CCCCC1C)NCCN1CCS(=O)(=O)CC1.I. The smallest absolute Gasteiger partial charge is 0.191 e. The minimum atomic E-state index is -2.79. The molecular weight excluding hydrogens is 465 g/mol. The zero-order valence-electron chi connectivity index (χ0n) is 16.2. The van der Waals surface area contributed by atoms with E-state index in [0.717, 1.165) is 44.6 Å². The predicted molar refractivity (Wildman–Crippen MR) is 119 cm³/mol. The molecule has 0 radical (unpaired) electrons. The zero-order valence-corrected chi connectivity index (χ0v) is 19.4. The normalized spacial score (nSPS) is 24.7. The van der Waals surface area contributed by atoms with Crippen molar-refractivity contribution in [1.29, 1.82) is 0 Å². The van der Waals surface area contributed by atoms with Crippen LogP contribution in [0.15, 0.2) is 4.99 Å². The van der Waals surface area contributed by atoms with E-state index in [9.17, 15) is 8.42 Å². The molecule has 0 aromatic carbocycles. The number of hydrogen-bond donors (Lipinski definition) is 2. The fraction of sp³-hybridized carbons (Fsp3) is 0.941. The van der Waals surface area contributed by atoms with Crippen molar-refractivity contribution in [3.63, 3.8) is 0 Å². The number of rotatable bonds is 7. The number of hydrogen-bond acceptors (Lipinski definition) is 5. The van der Waals surface area contributed by atoms with E-state index in [0.29, 0.717) is 13.1 Å². The maximum atomic E-state index is 11.4. The molecule has 2 aliphatic heterocycles. The van der Waals surface area contributed by atoms with Gasteiger partial charge < -0.3 is 15.5 Å². The summed E-state index contributed by atoms with van der Waals surface area (Å²) in [5.74, 6) is 1.40. The molecule has 0 aromatic rings. The highest BCUT2D eigenvalue weighted by Gasteiger charge is 2.21. The Morgan fingerprint density at radius 2 is 1.77 bits per heavy atom. The van der Waals surface area contributed by atoms with Gasteiger partial charge in [0.05, 0.1) is 11.5 Å². The second-order valence-electron chi connectivity index (χ2n) is 7.15. The fourth-order valence-electron chi connectivity index (χ4n) is 3.51. The number of nitrogens with zero attached hydrogens (tertiary/aromatic N) is 3. The predicted octanol–water partition coefficient (Wildman–Crippen LogP) is 0.764. The van der Waals surface area contributed by atoms with Crippen molar-refractivity contribution in [2.75, 3.05) is 64.4 Å². The van der Waals surface area contributed by atoms with Gasteiger partial charge in [0.25, 0.3) is 0 Å². The minimum Gasteiger partial charge on any atom is -0.356 e. The lowest BCUT2D eigenvalue weighted by molar-refractivity contribution is 0.159. The van der Waals surface area contributed by atoms with Crippen molar-refractivity contribution in [2.24, 2.45) is 4.99 Å². The first-order valence-corrected chi connectivity index (χ1v) is 11.4. The Hall–Kier alpha value is -0.130. The van der Waals surface area contributed by atoms with Crippen LogP contribution in [-0.4, -0.2) is 94.6 Å². The van der Waals surface area contributed by atoms with Gasteiger partial charge in [-0.05, 0) is 32.7 Å². The van der Waals surface area contributed by atoms with E-state index in [-0.39, 0.29) is 35.5 Å². The Labute approximate surface area is 176 Å². The highest BCUT2D eigenvalue weighted by atomic mass is 127. The third kappa shape index (κ3) is 8.71. The van der Waals surface area contributed by atoms with Gasteiger partial charge in [-0.25, -0.2) is 8.42 Å². The zero-order chi connectivity index (χ0) is 18.1. The Balaban J connectivity index is 0.00000338. The molecule has 0 bridgehead atoms. The molecule has 0 amide bonds. The van der Waals surface area contributed by atoms with Gasteiger partial charge in [-0.3, -0.25) is 9.89 Å². The molecule has 1 atom stereocenters. The first kappa shape index (κ1) is 23.9. The molecule has 0 aromatic heterocycles. The summed E-state index contributed by atoms with van der Waals surface area (Å²) in [5, 5.41) is 6.69. The quantitative estimate of drug-likeness (QED) is 0.232. The van der Waals surface area contributed by atoms with Gasteiger partial charge in [0.15, 0.2) is 15.8 Å². The molecule has 2 heterocycles. The number of nitrogens with one attached hydrogen (secondary N) is 2. The molecule has 2 saturated heterocycles. The highest BCUT2D eigenvalue weighted by molar-refractivity contribution is 14.0. The number of piperidine rings is 1. The Bertz CT molecular complexity index is 515. The first-order valence-electron chi connectivity index (χ1n) is 9.61. The van der Waals surface area contributed by atoms with Crippen LogP contribution in [0.3, 0.4) is 0 Å². The van der Waals surface area contributed by atoms with Crippen LogP contribution >= 0.6 is 24.0 Å². The molecular formula is C17H36IN5O2S. The van der Waals surface area contributed by atoms with Crippen LogP contribution in [0.2, 0.25) is 0 Å². The summed E-state index contributed by atoms with van der Waals surface area (Å²) < 4.78 is 22.9. The summed E-state index contributed by atoms with van der Waals surface area (Å²) in [6, 6.07) is 0.722. The van der Waals surface area contributed by atoms with Crippen molar-refractivity contribution < 1.29 is 8.42 Å². The van der Waals surface area contributed by atoms with E-state index in [1.165, 1.54) is 25.8 Å². The van der Waals surface area contributed by atoms with Gasteiger partial charge in [-0.1, -0.05) is 6.42 Å². The molecule has 0 aliphatic carbocycles. The van der Waals surface area contributed by atoms with E-state index >= 15 is 0 Å². The number of aliphatic imine (C=N–C) groups is 1. The average Bonchev–Trinajstić information content (AvgIpc) is 2.60. The largest absolute Gasteiger partial charge is 0.356 e. The maximum Gasteiger partial charge on any atom is 0.191 e. The van der Waals surface area contributed by atoms with Gasteiger partial charge in [0, 0.05) is 52.4 Å². The first-order chi connectivity index (χ1) is 12.0. The van der Waals surface area contributed by atoms with Crippen molar-refractivity contribution in [2.45, 2.75) is 38.6 Å². The van der Waals surface area contributed by atoms with Crippen LogP contribution in [0.4, 0.5) is 0 Å². The Morgan fingerprint density at radius 1 is 1.08 bits per heavy atom. The summed E-state index contributed by atoms with van der Waals surface area (Å²) >= 11 is 0. The second kappa shape index (κ2) is 12.4. The summed E-state index contributed by atoms with van der Waals surface area (Å²) in [6.45, 7) is 8.55. The van der Waals surface area contributed by atoms with Gasteiger partial charge in [0.2, 0.25) is 0 Å². The molecule has 0 spiro atoms. The van der Waals surface area contributed by atoms with Gasteiger partial charge in [0.1, 0.15) is 0 Å². The van der Waals surface area contributed by atoms with Crippen LogP contribution in [0, 0.1) is 0 Å². The Morgan fingerprint density at radius 3 is 2.42 bits per heavy atom. The standard InChI is InChI=1S/C17H35N5O2S.HI/c1-16-6-3-4-9-22(16)10-5-7-19-17(18-2)20-8-11-21-12-14-25(23,24)15-13-21;/h16H,3-15H2,1-2H3,(H2,18,19,20);1H. The lowest BCUT2D eigenvalue weighted by atomic mass is 10.0. The molecule has 2 fully saturated rings. The maximum absolute atomic E-state index is 11.4. The monoisotopic (exact) mass is 501 g/mol. The van der Waals surface area contributed by atoms with Gasteiger partial charge >= 0.3 is 0 Å². The highest BCUT2D eigenvalue weighted by Crippen LogP contribution is 2.15. The fourth-order valence-corrected chi connectivity index (χ4v) is 4.78. The van der Waals surface area contributed by atoms with Crippen molar-refractivity contribution in [3.8, 4) is 0 Å². The lowest BCUT2D eigenvalue weighted by Gasteiger charge is -2.33. The van der Waals surface area contributed by atoms with Crippen LogP contribution in [0.1, 0.15) is 32.6 Å². The molecule has 0 saturated carbocycles. The van der Waals surface area contributed by atoms with Crippen LogP contribution in [0.25, 0.3) is 0 Å². The number of likely N-dealkylation sites (tertiary alicyclic amines) is 1. The number of sulfone groups is 1. The molecule has 2 aliphatic rings. The van der Waals surface area contributed by atoms with Crippen molar-refractivity contribution in [1.82, 2.24) is 20.4 Å². The third-order valence-corrected chi connectivity index (χ3v) is 6.85.